The number of pyridine rings is 1. The minimum Gasteiger partial charge on any atom is -0.457 e. The summed E-state index contributed by atoms with van der Waals surface area (Å²) in [5.41, 5.74) is 0.830. The molecule has 0 saturated heterocycles. The van der Waals surface area contributed by atoms with Crippen LogP contribution in [-0.2, 0) is 10.0 Å². The number of nitrogens with two attached hydrogens (primary N) is 1. The summed E-state index contributed by atoms with van der Waals surface area (Å²) in [7, 11) is -3.69. The fourth-order valence-corrected chi connectivity index (χ4v) is 2.46. The van der Waals surface area contributed by atoms with E-state index in [1.165, 1.54) is 12.1 Å². The minimum atomic E-state index is -3.69. The van der Waals surface area contributed by atoms with E-state index >= 15 is 0 Å². The maximum absolute atomic E-state index is 11.2. The van der Waals surface area contributed by atoms with Crippen LogP contribution in [0.3, 0.4) is 0 Å². The number of nitrogens with zero attached hydrogens (tertiary/aromatic N) is 1. The molecule has 5 nitrogen and oxygen atoms in total. The van der Waals surface area contributed by atoms with Crippen molar-refractivity contribution in [3.8, 4) is 11.5 Å². The maximum atomic E-state index is 11.2. The Bertz CT molecular complexity index is 890. The van der Waals surface area contributed by atoms with Crippen LogP contribution in [0.1, 0.15) is 0 Å². The molecule has 0 aliphatic rings. The van der Waals surface area contributed by atoms with Gasteiger partial charge < -0.3 is 4.74 Å². The topological polar surface area (TPSA) is 82.3 Å². The highest BCUT2D eigenvalue weighted by Crippen LogP contribution is 2.25. The van der Waals surface area contributed by atoms with Gasteiger partial charge in [0, 0.05) is 17.6 Å². The lowest BCUT2D eigenvalue weighted by atomic mass is 10.2. The molecule has 0 unspecified atom stereocenters. The molecule has 0 aliphatic carbocycles. The molecule has 2 aromatic carbocycles. The Kier molecular flexibility index (Phi) is 3.32. The van der Waals surface area contributed by atoms with Gasteiger partial charge in [0.05, 0.1) is 10.4 Å². The van der Waals surface area contributed by atoms with E-state index in [0.717, 1.165) is 10.9 Å². The van der Waals surface area contributed by atoms with Gasteiger partial charge in [0.25, 0.3) is 0 Å². The highest BCUT2D eigenvalue weighted by atomic mass is 32.2. The van der Waals surface area contributed by atoms with E-state index in [-0.39, 0.29) is 4.90 Å². The van der Waals surface area contributed by atoms with Crippen molar-refractivity contribution in [2.45, 2.75) is 4.90 Å². The molecule has 0 aliphatic heterocycles. The molecule has 0 amide bonds. The molecular weight excluding hydrogens is 288 g/mol. The largest absolute Gasteiger partial charge is 0.457 e. The third-order valence-corrected chi connectivity index (χ3v) is 3.89. The van der Waals surface area contributed by atoms with Crippen molar-refractivity contribution in [2.24, 2.45) is 5.14 Å². The number of hydrogen-bond donors (Lipinski definition) is 1. The van der Waals surface area contributed by atoms with Crippen LogP contribution in [0.2, 0.25) is 0 Å². The number of benzene rings is 2. The van der Waals surface area contributed by atoms with E-state index in [1.54, 1.807) is 18.3 Å². The fourth-order valence-electron chi connectivity index (χ4n) is 1.94. The van der Waals surface area contributed by atoms with E-state index in [4.69, 9.17) is 9.88 Å². The van der Waals surface area contributed by atoms with Crippen molar-refractivity contribution in [1.29, 1.82) is 0 Å². The molecule has 0 radical (unpaired) electrons. The normalized spacial score (nSPS) is 11.5. The Morgan fingerprint density at radius 2 is 1.67 bits per heavy atom. The summed E-state index contributed by atoms with van der Waals surface area (Å²) >= 11 is 0. The lowest BCUT2D eigenvalue weighted by Crippen LogP contribution is -2.11. The zero-order valence-electron chi connectivity index (χ0n) is 10.9. The predicted molar refractivity (Wildman–Crippen MR) is 79.6 cm³/mol. The van der Waals surface area contributed by atoms with Crippen LogP contribution in [0.25, 0.3) is 10.9 Å². The first-order valence-corrected chi connectivity index (χ1v) is 7.72. The molecule has 1 heterocycles. The van der Waals surface area contributed by atoms with E-state index in [9.17, 15) is 8.42 Å². The van der Waals surface area contributed by atoms with Crippen LogP contribution in [0.15, 0.2) is 65.7 Å². The first kappa shape index (κ1) is 13.5. The van der Waals surface area contributed by atoms with E-state index in [0.29, 0.717) is 11.5 Å². The van der Waals surface area contributed by atoms with Crippen molar-refractivity contribution in [1.82, 2.24) is 4.98 Å². The molecule has 0 spiro atoms. The first-order chi connectivity index (χ1) is 10.0. The maximum Gasteiger partial charge on any atom is 0.238 e. The molecule has 3 rings (SSSR count). The van der Waals surface area contributed by atoms with Gasteiger partial charge in [0.15, 0.2) is 0 Å². The fraction of sp³-hybridized carbons (Fsp3) is 0. The highest BCUT2D eigenvalue weighted by Gasteiger charge is 2.07. The van der Waals surface area contributed by atoms with Gasteiger partial charge in [-0.3, -0.25) is 4.98 Å². The van der Waals surface area contributed by atoms with Crippen LogP contribution in [0, 0.1) is 0 Å². The number of primary sulfonamides is 1. The van der Waals surface area contributed by atoms with Crippen molar-refractivity contribution < 1.29 is 13.2 Å². The molecule has 21 heavy (non-hydrogen) atoms. The van der Waals surface area contributed by atoms with E-state index < -0.39 is 10.0 Å². The molecule has 0 atom stereocenters. The summed E-state index contributed by atoms with van der Waals surface area (Å²) in [6, 6.07) is 15.3. The average Bonchev–Trinajstić information content (AvgIpc) is 2.47. The van der Waals surface area contributed by atoms with Gasteiger partial charge in [0.1, 0.15) is 11.5 Å². The Balaban J connectivity index is 1.88. The van der Waals surface area contributed by atoms with Crippen LogP contribution in [-0.4, -0.2) is 13.4 Å². The Morgan fingerprint density at radius 3 is 2.38 bits per heavy atom. The number of fused-ring (bicyclic) bond motifs is 1. The van der Waals surface area contributed by atoms with Gasteiger partial charge in [-0.15, -0.1) is 0 Å². The molecule has 6 heteroatoms. The monoisotopic (exact) mass is 300 g/mol. The molecular formula is C15H12N2O3S. The van der Waals surface area contributed by atoms with Gasteiger partial charge in [-0.25, -0.2) is 13.6 Å². The molecule has 0 fully saturated rings. The lowest BCUT2D eigenvalue weighted by molar-refractivity contribution is 0.483. The summed E-state index contributed by atoms with van der Waals surface area (Å²) in [6.07, 6.45) is 1.72. The van der Waals surface area contributed by atoms with Gasteiger partial charge in [-0.1, -0.05) is 6.07 Å². The second-order valence-electron chi connectivity index (χ2n) is 4.48. The van der Waals surface area contributed by atoms with Gasteiger partial charge in [-0.2, -0.15) is 0 Å². The molecule has 106 valence electrons. The zero-order chi connectivity index (χ0) is 14.9. The van der Waals surface area contributed by atoms with E-state index in [2.05, 4.69) is 4.98 Å². The number of ether oxygens (including phenoxy) is 1. The highest BCUT2D eigenvalue weighted by molar-refractivity contribution is 7.89. The van der Waals surface area contributed by atoms with Gasteiger partial charge in [0.2, 0.25) is 10.0 Å². The van der Waals surface area contributed by atoms with Crippen LogP contribution in [0.5, 0.6) is 11.5 Å². The lowest BCUT2D eigenvalue weighted by Gasteiger charge is -2.07. The SMILES string of the molecule is NS(=O)(=O)c1ccc(Oc2ccc3cccnc3c2)cc1. The molecule has 2 N–H and O–H groups in total. The minimum absolute atomic E-state index is 0.0510. The number of sulfonamides is 1. The van der Waals surface area contributed by atoms with Gasteiger partial charge >= 0.3 is 0 Å². The standard InChI is InChI=1S/C15H12N2O3S/c16-21(18,19)14-7-5-12(6-8-14)20-13-4-3-11-2-1-9-17-15(11)10-13/h1-10H,(H2,16,18,19). The van der Waals surface area contributed by atoms with Crippen LogP contribution >= 0.6 is 0 Å². The molecule has 0 saturated carbocycles. The summed E-state index contributed by atoms with van der Waals surface area (Å²) in [5.74, 6) is 1.15. The number of hydrogen-bond acceptors (Lipinski definition) is 4. The molecule has 0 bridgehead atoms. The summed E-state index contributed by atoms with van der Waals surface area (Å²) in [4.78, 5) is 4.31. The van der Waals surface area contributed by atoms with Crippen LogP contribution < -0.4 is 9.88 Å². The Labute approximate surface area is 122 Å². The van der Waals surface area contributed by atoms with Crippen molar-refractivity contribution in [3.63, 3.8) is 0 Å². The second-order valence-corrected chi connectivity index (χ2v) is 6.04. The third kappa shape index (κ3) is 3.01. The second kappa shape index (κ2) is 5.16. The van der Waals surface area contributed by atoms with Crippen molar-refractivity contribution in [2.75, 3.05) is 0 Å². The van der Waals surface area contributed by atoms with Gasteiger partial charge in [-0.05, 0) is 42.5 Å². The average molecular weight is 300 g/mol. The Morgan fingerprint density at radius 1 is 0.952 bits per heavy atom. The summed E-state index contributed by atoms with van der Waals surface area (Å²) < 4.78 is 28.0. The summed E-state index contributed by atoms with van der Waals surface area (Å²) in [6.45, 7) is 0. The quantitative estimate of drug-likeness (QED) is 0.806. The molecule has 1 aromatic heterocycles. The number of aromatic nitrogens is 1. The van der Waals surface area contributed by atoms with Crippen molar-refractivity contribution >= 4 is 20.9 Å². The predicted octanol–water partition coefficient (Wildman–Crippen LogP) is 2.67. The first-order valence-electron chi connectivity index (χ1n) is 6.18. The van der Waals surface area contributed by atoms with E-state index in [1.807, 2.05) is 30.3 Å². The van der Waals surface area contributed by atoms with Crippen LogP contribution in [0.4, 0.5) is 0 Å². The smallest absolute Gasteiger partial charge is 0.238 e. The zero-order valence-corrected chi connectivity index (χ0v) is 11.7. The molecule has 3 aromatic rings. The summed E-state index contributed by atoms with van der Waals surface area (Å²) in [5, 5.41) is 6.07. The number of rotatable bonds is 3. The third-order valence-electron chi connectivity index (χ3n) is 2.97. The Hall–Kier alpha value is -2.44. The van der Waals surface area contributed by atoms with Crippen molar-refractivity contribution in [3.05, 3.63) is 60.8 Å².